The van der Waals surface area contributed by atoms with Crippen molar-refractivity contribution in [3.63, 3.8) is 0 Å². The van der Waals surface area contributed by atoms with Gasteiger partial charge in [0.1, 0.15) is 11.9 Å². The van der Waals surface area contributed by atoms with E-state index in [9.17, 15) is 9.59 Å². The third kappa shape index (κ3) is 6.81. The fourth-order valence-corrected chi connectivity index (χ4v) is 5.15. The summed E-state index contributed by atoms with van der Waals surface area (Å²) >= 11 is 0. The monoisotopic (exact) mass is 538 g/mol. The Kier molecular flexibility index (Phi) is 8.25. The number of hydrogen-bond donors (Lipinski definition) is 2. The van der Waals surface area contributed by atoms with Gasteiger partial charge in [0.25, 0.3) is 0 Å². The number of likely N-dealkylation sites (tertiary alicyclic amines) is 2. The van der Waals surface area contributed by atoms with Crippen molar-refractivity contribution in [3.8, 4) is 0 Å². The Morgan fingerprint density at radius 2 is 1.79 bits per heavy atom. The lowest BCUT2D eigenvalue weighted by Crippen LogP contribution is -2.44. The topological polar surface area (TPSA) is 107 Å². The number of hydrogen-bond acceptors (Lipinski definition) is 8. The molecule has 2 saturated heterocycles. The number of carbonyl (C=O) groups is 2. The normalized spacial score (nSPS) is 20.5. The molecule has 39 heavy (non-hydrogen) atoms. The van der Waals surface area contributed by atoms with Gasteiger partial charge in [0.15, 0.2) is 11.5 Å². The molecule has 11 heteroatoms. The molecule has 5 rings (SSSR count). The second kappa shape index (κ2) is 11.8. The summed E-state index contributed by atoms with van der Waals surface area (Å²) in [5.74, 6) is 1.97. The summed E-state index contributed by atoms with van der Waals surface area (Å²) in [6.07, 6.45) is 11.5. The van der Waals surface area contributed by atoms with Gasteiger partial charge in [-0.3, -0.25) is 9.20 Å². The zero-order valence-electron chi connectivity index (χ0n) is 23.6. The molecule has 4 heterocycles. The number of likely N-dealkylation sites (N-methyl/N-ethyl adjacent to an activating group) is 1. The Morgan fingerprint density at radius 1 is 1.08 bits per heavy atom. The highest BCUT2D eigenvalue weighted by Gasteiger charge is 2.31. The molecule has 1 aliphatic carbocycles. The van der Waals surface area contributed by atoms with Gasteiger partial charge in [0, 0.05) is 62.7 Å². The number of amides is 2. The number of rotatable bonds is 9. The molecule has 11 nitrogen and oxygen atoms in total. The third-order valence-electron chi connectivity index (χ3n) is 7.59. The third-order valence-corrected chi connectivity index (χ3v) is 7.59. The van der Waals surface area contributed by atoms with E-state index in [0.717, 1.165) is 35.8 Å². The second-order valence-corrected chi connectivity index (χ2v) is 11.6. The van der Waals surface area contributed by atoms with Gasteiger partial charge in [-0.2, -0.15) is 0 Å². The standard InChI is InChI=1S/C28H42N8O3/c1-19(2)23-16-29-27-26(32-24(18-36(23)27)30-20-7-8-20)31-21-9-13-34(14-10-21)28(38)39-22-11-15-35(17-22)25(37)6-5-12-33(3)4/h5-6,16,18-22,30H,7-15,17H2,1-4H3,(H,31,32)/b6-5+/t22-/m0/s1. The van der Waals surface area contributed by atoms with Gasteiger partial charge in [0.05, 0.1) is 12.7 Å². The first kappa shape index (κ1) is 27.2. The lowest BCUT2D eigenvalue weighted by Gasteiger charge is -2.32. The molecule has 0 unspecified atom stereocenters. The molecule has 2 aliphatic heterocycles. The molecule has 2 aromatic rings. The van der Waals surface area contributed by atoms with Crippen LogP contribution in [0.4, 0.5) is 16.4 Å². The average molecular weight is 539 g/mol. The molecule has 2 aromatic heterocycles. The first-order valence-corrected chi connectivity index (χ1v) is 14.2. The zero-order chi connectivity index (χ0) is 27.5. The van der Waals surface area contributed by atoms with E-state index in [1.54, 1.807) is 15.9 Å². The van der Waals surface area contributed by atoms with Crippen LogP contribution in [0.3, 0.4) is 0 Å². The molecule has 0 spiro atoms. The van der Waals surface area contributed by atoms with Gasteiger partial charge in [0.2, 0.25) is 5.91 Å². The number of ether oxygens (including phenoxy) is 1. The van der Waals surface area contributed by atoms with Gasteiger partial charge >= 0.3 is 6.09 Å². The SMILES string of the molecule is CC(C)c1cnc2c(NC3CCN(C(=O)O[C@H]4CCN(C(=O)/C=C/CN(C)C)C4)CC3)nc(NC3CC3)cn12. The van der Waals surface area contributed by atoms with E-state index in [1.165, 1.54) is 12.8 Å². The maximum absolute atomic E-state index is 12.9. The number of anilines is 2. The summed E-state index contributed by atoms with van der Waals surface area (Å²) in [6.45, 7) is 7.34. The lowest BCUT2D eigenvalue weighted by atomic mass is 10.1. The number of nitrogens with one attached hydrogen (secondary N) is 2. The van der Waals surface area contributed by atoms with E-state index in [4.69, 9.17) is 9.72 Å². The van der Waals surface area contributed by atoms with Crippen molar-refractivity contribution in [1.29, 1.82) is 0 Å². The predicted molar refractivity (Wildman–Crippen MR) is 151 cm³/mol. The fraction of sp³-hybridized carbons (Fsp3) is 0.643. The maximum Gasteiger partial charge on any atom is 0.410 e. The molecular formula is C28H42N8O3. The van der Waals surface area contributed by atoms with Crippen molar-refractivity contribution in [1.82, 2.24) is 29.1 Å². The van der Waals surface area contributed by atoms with Gasteiger partial charge in [-0.1, -0.05) is 19.9 Å². The molecular weight excluding hydrogens is 496 g/mol. The molecule has 1 saturated carbocycles. The number of fused-ring (bicyclic) bond motifs is 1. The lowest BCUT2D eigenvalue weighted by molar-refractivity contribution is -0.125. The Balaban J connectivity index is 1.13. The molecule has 2 N–H and O–H groups in total. The number of aromatic nitrogens is 3. The smallest absolute Gasteiger partial charge is 0.410 e. The number of piperidine rings is 1. The van der Waals surface area contributed by atoms with Gasteiger partial charge in [-0.15, -0.1) is 0 Å². The Morgan fingerprint density at radius 3 is 2.49 bits per heavy atom. The second-order valence-electron chi connectivity index (χ2n) is 11.6. The zero-order valence-corrected chi connectivity index (χ0v) is 23.6. The van der Waals surface area contributed by atoms with Crippen molar-refractivity contribution in [3.05, 3.63) is 30.2 Å². The molecule has 0 bridgehead atoms. The fourth-order valence-electron chi connectivity index (χ4n) is 5.15. The van der Waals surface area contributed by atoms with Crippen LogP contribution in [-0.4, -0.2) is 106 Å². The molecule has 1 atom stereocenters. The van der Waals surface area contributed by atoms with Crippen molar-refractivity contribution in [2.24, 2.45) is 0 Å². The first-order chi connectivity index (χ1) is 18.8. The maximum atomic E-state index is 12.9. The Labute approximate surface area is 230 Å². The summed E-state index contributed by atoms with van der Waals surface area (Å²) in [7, 11) is 3.92. The Bertz CT molecular complexity index is 1200. The van der Waals surface area contributed by atoms with E-state index in [1.807, 2.05) is 31.3 Å². The quantitative estimate of drug-likeness (QED) is 0.469. The minimum Gasteiger partial charge on any atom is -0.444 e. The van der Waals surface area contributed by atoms with Crippen LogP contribution in [0.1, 0.15) is 57.6 Å². The van der Waals surface area contributed by atoms with Crippen LogP contribution < -0.4 is 10.6 Å². The largest absolute Gasteiger partial charge is 0.444 e. The Hall–Kier alpha value is -3.34. The van der Waals surface area contributed by atoms with Crippen molar-refractivity contribution in [2.45, 2.75) is 70.1 Å². The van der Waals surface area contributed by atoms with Gasteiger partial charge in [-0.05, 0) is 45.7 Å². The van der Waals surface area contributed by atoms with Gasteiger partial charge in [-0.25, -0.2) is 14.8 Å². The van der Waals surface area contributed by atoms with Crippen LogP contribution in [0, 0.1) is 0 Å². The average Bonchev–Trinajstić information content (AvgIpc) is 3.40. The molecule has 0 aromatic carbocycles. The molecule has 0 radical (unpaired) electrons. The van der Waals surface area contributed by atoms with Crippen molar-refractivity contribution in [2.75, 3.05) is 57.5 Å². The van der Waals surface area contributed by atoms with Crippen molar-refractivity contribution < 1.29 is 14.3 Å². The molecule has 3 fully saturated rings. The van der Waals surface area contributed by atoms with E-state index in [2.05, 4.69) is 40.1 Å². The van der Waals surface area contributed by atoms with Crippen LogP contribution in [0.2, 0.25) is 0 Å². The summed E-state index contributed by atoms with van der Waals surface area (Å²) in [5, 5.41) is 7.14. The highest BCUT2D eigenvalue weighted by molar-refractivity contribution is 5.87. The highest BCUT2D eigenvalue weighted by atomic mass is 16.6. The summed E-state index contributed by atoms with van der Waals surface area (Å²) < 4.78 is 7.92. The van der Waals surface area contributed by atoms with Crippen LogP contribution in [0.15, 0.2) is 24.5 Å². The van der Waals surface area contributed by atoms with Gasteiger partial charge < -0.3 is 30.1 Å². The first-order valence-electron chi connectivity index (χ1n) is 14.2. The molecule has 212 valence electrons. The molecule has 2 amide bonds. The van der Waals surface area contributed by atoms with Crippen LogP contribution >= 0.6 is 0 Å². The van der Waals surface area contributed by atoms with E-state index in [0.29, 0.717) is 51.1 Å². The van der Waals surface area contributed by atoms with Crippen molar-refractivity contribution >= 4 is 29.3 Å². The summed E-state index contributed by atoms with van der Waals surface area (Å²) in [6, 6.07) is 0.696. The predicted octanol–water partition coefficient (Wildman–Crippen LogP) is 3.16. The summed E-state index contributed by atoms with van der Waals surface area (Å²) in [4.78, 5) is 40.3. The highest BCUT2D eigenvalue weighted by Crippen LogP contribution is 2.28. The van der Waals surface area contributed by atoms with Crippen LogP contribution in [0.5, 0.6) is 0 Å². The van der Waals surface area contributed by atoms with Crippen LogP contribution in [0.25, 0.3) is 5.65 Å². The van der Waals surface area contributed by atoms with E-state index >= 15 is 0 Å². The van der Waals surface area contributed by atoms with E-state index < -0.39 is 0 Å². The minimum absolute atomic E-state index is 0.0283. The molecule has 3 aliphatic rings. The minimum atomic E-state index is -0.290. The number of carbonyl (C=O) groups excluding carboxylic acids is 2. The van der Waals surface area contributed by atoms with Crippen LogP contribution in [-0.2, 0) is 9.53 Å². The summed E-state index contributed by atoms with van der Waals surface area (Å²) in [5.41, 5.74) is 1.99. The van der Waals surface area contributed by atoms with E-state index in [-0.39, 0.29) is 24.1 Å². The number of nitrogens with zero attached hydrogens (tertiary/aromatic N) is 6. The number of imidazole rings is 1.